The third-order valence-electron chi connectivity index (χ3n) is 4.19. The van der Waals surface area contributed by atoms with Crippen LogP contribution in [0.4, 0.5) is 0 Å². The minimum atomic E-state index is -1.05. The van der Waals surface area contributed by atoms with E-state index in [0.717, 1.165) is 38.5 Å². The molecule has 1 unspecified atom stereocenters. The largest absolute Gasteiger partial charge is 0.495 e. The molecule has 21 heavy (non-hydrogen) atoms. The number of nitrogens with zero attached hydrogens (tertiary/aromatic N) is 1. The molecule has 1 saturated carbocycles. The monoisotopic (exact) mass is 296 g/mol. The minimum absolute atomic E-state index is 0.0102. The van der Waals surface area contributed by atoms with Crippen molar-refractivity contribution in [1.29, 1.82) is 0 Å². The van der Waals surface area contributed by atoms with Crippen molar-refractivity contribution in [1.82, 2.24) is 4.90 Å². The van der Waals surface area contributed by atoms with Crippen LogP contribution in [-0.2, 0) is 14.3 Å². The number of ether oxygens (including phenoxy) is 1. The van der Waals surface area contributed by atoms with Crippen LogP contribution in [0.15, 0.2) is 11.8 Å². The summed E-state index contributed by atoms with van der Waals surface area (Å²) in [5, 5.41) is 9.59. The molecule has 0 aromatic rings. The standard InChI is InChI=1S/C15H24N2O4/c16-9-7-12-14(15(19)20)17(13(18)8-10-21-12)11-5-3-1-2-4-6-11/h7,11,14H,1-6,8-10,16H2,(H,19,20). The molecule has 3 N–H and O–H groups in total. The average molecular weight is 296 g/mol. The summed E-state index contributed by atoms with van der Waals surface area (Å²) in [5.41, 5.74) is 5.50. The molecular weight excluding hydrogens is 272 g/mol. The molecule has 0 radical (unpaired) electrons. The quantitative estimate of drug-likeness (QED) is 0.765. The maximum atomic E-state index is 12.4. The second-order valence-electron chi connectivity index (χ2n) is 5.63. The summed E-state index contributed by atoms with van der Waals surface area (Å²) < 4.78 is 5.48. The number of carbonyl (C=O) groups is 2. The molecule has 1 atom stereocenters. The Hall–Kier alpha value is -1.56. The van der Waals surface area contributed by atoms with Gasteiger partial charge in [-0.05, 0) is 18.9 Å². The number of amides is 1. The molecule has 2 rings (SSSR count). The van der Waals surface area contributed by atoms with Crippen molar-refractivity contribution in [2.24, 2.45) is 5.73 Å². The summed E-state index contributed by atoms with van der Waals surface area (Å²) in [6, 6.07) is -1.05. The SMILES string of the molecule is NCC=C1OCCC(=O)N(C2CCCCCC2)C1C(=O)O. The van der Waals surface area contributed by atoms with Gasteiger partial charge in [0, 0.05) is 12.6 Å². The highest BCUT2D eigenvalue weighted by Crippen LogP contribution is 2.28. The predicted molar refractivity (Wildman–Crippen MR) is 77.5 cm³/mol. The highest BCUT2D eigenvalue weighted by atomic mass is 16.5. The van der Waals surface area contributed by atoms with Crippen LogP contribution in [0.1, 0.15) is 44.9 Å². The van der Waals surface area contributed by atoms with E-state index in [1.54, 1.807) is 11.0 Å². The third-order valence-corrected chi connectivity index (χ3v) is 4.19. The smallest absolute Gasteiger partial charge is 0.334 e. The first-order valence-corrected chi connectivity index (χ1v) is 7.72. The van der Waals surface area contributed by atoms with Gasteiger partial charge in [-0.1, -0.05) is 25.7 Å². The lowest BCUT2D eigenvalue weighted by molar-refractivity contribution is -0.150. The fourth-order valence-corrected chi connectivity index (χ4v) is 3.22. The Balaban J connectivity index is 2.32. The first-order valence-electron chi connectivity index (χ1n) is 7.72. The van der Waals surface area contributed by atoms with Crippen LogP contribution in [0.25, 0.3) is 0 Å². The molecule has 1 aliphatic carbocycles. The summed E-state index contributed by atoms with van der Waals surface area (Å²) >= 11 is 0. The van der Waals surface area contributed by atoms with Crippen molar-refractivity contribution in [3.63, 3.8) is 0 Å². The second kappa shape index (κ2) is 7.45. The van der Waals surface area contributed by atoms with Gasteiger partial charge in [-0.15, -0.1) is 0 Å². The minimum Gasteiger partial charge on any atom is -0.495 e. The normalized spacial score (nSPS) is 27.1. The first-order chi connectivity index (χ1) is 10.1. The van der Waals surface area contributed by atoms with Gasteiger partial charge in [0.1, 0.15) is 5.76 Å². The molecule has 118 valence electrons. The van der Waals surface area contributed by atoms with Crippen molar-refractivity contribution in [3.8, 4) is 0 Å². The topological polar surface area (TPSA) is 92.9 Å². The molecule has 6 heteroatoms. The maximum Gasteiger partial charge on any atom is 0.334 e. The molecule has 6 nitrogen and oxygen atoms in total. The highest BCUT2D eigenvalue weighted by molar-refractivity contribution is 5.86. The summed E-state index contributed by atoms with van der Waals surface area (Å²) in [5.74, 6) is -0.871. The van der Waals surface area contributed by atoms with Crippen molar-refractivity contribution in [2.75, 3.05) is 13.2 Å². The van der Waals surface area contributed by atoms with Crippen molar-refractivity contribution in [2.45, 2.75) is 57.0 Å². The summed E-state index contributed by atoms with van der Waals surface area (Å²) in [6.45, 7) is 0.420. The number of carboxylic acid groups (broad SMARTS) is 1. The van der Waals surface area contributed by atoms with Gasteiger partial charge < -0.3 is 20.5 Å². The van der Waals surface area contributed by atoms with Gasteiger partial charge in [-0.25, -0.2) is 4.79 Å². The van der Waals surface area contributed by atoms with E-state index in [2.05, 4.69) is 0 Å². The molecule has 2 fully saturated rings. The van der Waals surface area contributed by atoms with Crippen LogP contribution >= 0.6 is 0 Å². The number of carboxylic acids is 1. The lowest BCUT2D eigenvalue weighted by Gasteiger charge is -2.34. The number of nitrogens with two attached hydrogens (primary N) is 1. The number of carbonyl (C=O) groups excluding carboxylic acids is 1. The van der Waals surface area contributed by atoms with Crippen LogP contribution < -0.4 is 5.73 Å². The van der Waals surface area contributed by atoms with E-state index in [0.29, 0.717) is 5.76 Å². The molecule has 0 spiro atoms. The first kappa shape index (κ1) is 15.8. The predicted octanol–water partition coefficient (Wildman–Crippen LogP) is 1.25. The zero-order chi connectivity index (χ0) is 15.2. The number of hydrogen-bond donors (Lipinski definition) is 2. The Bertz CT molecular complexity index is 414. The zero-order valence-electron chi connectivity index (χ0n) is 12.3. The molecule has 0 aromatic carbocycles. The van der Waals surface area contributed by atoms with E-state index in [1.165, 1.54) is 0 Å². The molecule has 1 saturated heterocycles. The summed E-state index contributed by atoms with van der Waals surface area (Å²) in [7, 11) is 0. The van der Waals surface area contributed by atoms with Crippen molar-refractivity contribution >= 4 is 11.9 Å². The molecule has 1 heterocycles. The Morgan fingerprint density at radius 2 is 2.00 bits per heavy atom. The molecule has 0 bridgehead atoms. The Labute approximate surface area is 124 Å². The van der Waals surface area contributed by atoms with E-state index in [4.69, 9.17) is 10.5 Å². The number of aliphatic carboxylic acids is 1. The van der Waals surface area contributed by atoms with Crippen LogP contribution in [-0.4, -0.2) is 47.1 Å². The Morgan fingerprint density at radius 3 is 2.57 bits per heavy atom. The number of rotatable bonds is 3. The van der Waals surface area contributed by atoms with Gasteiger partial charge in [-0.2, -0.15) is 0 Å². The number of hydrogen-bond acceptors (Lipinski definition) is 4. The van der Waals surface area contributed by atoms with Crippen LogP contribution in [0.5, 0.6) is 0 Å². The maximum absolute atomic E-state index is 12.4. The molecule has 2 aliphatic rings. The fraction of sp³-hybridized carbons (Fsp3) is 0.733. The van der Waals surface area contributed by atoms with Gasteiger partial charge in [0.15, 0.2) is 6.04 Å². The Kier molecular flexibility index (Phi) is 5.61. The molecule has 1 amide bonds. The summed E-state index contributed by atoms with van der Waals surface area (Å²) in [4.78, 5) is 25.7. The van der Waals surface area contributed by atoms with Gasteiger partial charge in [-0.3, -0.25) is 4.79 Å². The molecule has 0 aromatic heterocycles. The average Bonchev–Trinajstić information content (AvgIpc) is 2.78. The highest BCUT2D eigenvalue weighted by Gasteiger charge is 2.40. The fourth-order valence-electron chi connectivity index (χ4n) is 3.22. The zero-order valence-corrected chi connectivity index (χ0v) is 12.3. The lowest BCUT2D eigenvalue weighted by Crippen LogP contribution is -2.50. The van der Waals surface area contributed by atoms with Crippen molar-refractivity contribution in [3.05, 3.63) is 11.8 Å². The van der Waals surface area contributed by atoms with Crippen molar-refractivity contribution < 1.29 is 19.4 Å². The molecular formula is C15H24N2O4. The van der Waals surface area contributed by atoms with E-state index in [-0.39, 0.29) is 31.5 Å². The van der Waals surface area contributed by atoms with Gasteiger partial charge in [0.25, 0.3) is 0 Å². The van der Waals surface area contributed by atoms with E-state index in [1.807, 2.05) is 0 Å². The second-order valence-corrected chi connectivity index (χ2v) is 5.63. The third kappa shape index (κ3) is 3.75. The van der Waals surface area contributed by atoms with E-state index >= 15 is 0 Å². The van der Waals surface area contributed by atoms with Gasteiger partial charge in [0.2, 0.25) is 5.91 Å². The van der Waals surface area contributed by atoms with Crippen LogP contribution in [0, 0.1) is 0 Å². The lowest BCUT2D eigenvalue weighted by atomic mass is 10.0. The van der Waals surface area contributed by atoms with Crippen LogP contribution in [0.2, 0.25) is 0 Å². The van der Waals surface area contributed by atoms with Gasteiger partial charge >= 0.3 is 5.97 Å². The van der Waals surface area contributed by atoms with E-state index in [9.17, 15) is 14.7 Å². The van der Waals surface area contributed by atoms with Gasteiger partial charge in [0.05, 0.1) is 13.0 Å². The van der Waals surface area contributed by atoms with Crippen LogP contribution in [0.3, 0.4) is 0 Å². The van der Waals surface area contributed by atoms with E-state index < -0.39 is 12.0 Å². The summed E-state index contributed by atoms with van der Waals surface area (Å²) in [6.07, 6.45) is 7.91. The molecule has 1 aliphatic heterocycles. The Morgan fingerprint density at radius 1 is 1.33 bits per heavy atom.